The van der Waals surface area contributed by atoms with Crippen LogP contribution in [0.3, 0.4) is 0 Å². The summed E-state index contributed by atoms with van der Waals surface area (Å²) in [6.45, 7) is 4.35. The highest BCUT2D eigenvalue weighted by atomic mass is 16.5. The van der Waals surface area contributed by atoms with Crippen LogP contribution < -0.4 is 10.1 Å². The van der Waals surface area contributed by atoms with Crippen molar-refractivity contribution in [2.45, 2.75) is 25.4 Å². The fraction of sp³-hybridized carbons (Fsp3) is 0.0563. The van der Waals surface area contributed by atoms with E-state index in [1.807, 2.05) is 0 Å². The van der Waals surface area contributed by atoms with Crippen LogP contribution in [0.1, 0.15) is 56.2 Å². The molecular weight excluding hydrogens is 911 g/mol. The van der Waals surface area contributed by atoms with Crippen LogP contribution in [0, 0.1) is 13.8 Å². The number of nitrogens with one attached hydrogen (secondary N) is 1. The van der Waals surface area contributed by atoms with E-state index in [0.717, 1.165) is 73.1 Å². The van der Waals surface area contributed by atoms with Crippen LogP contribution in [-0.4, -0.2) is 10.3 Å². The van der Waals surface area contributed by atoms with Gasteiger partial charge in [-0.15, -0.1) is 0 Å². The molecule has 4 nitrogen and oxygen atoms in total. The lowest BCUT2D eigenvalue weighted by molar-refractivity contribution is 0.436. The third-order valence-corrected chi connectivity index (χ3v) is 15.9. The van der Waals surface area contributed by atoms with Gasteiger partial charge in [-0.3, -0.25) is 4.99 Å². The molecular formula is C71H49N3O. The Bertz CT molecular complexity index is 4310. The molecule has 75 heavy (non-hydrogen) atoms. The molecule has 15 rings (SSSR count). The normalized spacial score (nSPS) is 14.9. The predicted molar refractivity (Wildman–Crippen MR) is 309 cm³/mol. The van der Waals surface area contributed by atoms with Gasteiger partial charge in [-0.25, -0.2) is 0 Å². The summed E-state index contributed by atoms with van der Waals surface area (Å²) >= 11 is 0. The lowest BCUT2D eigenvalue weighted by Crippen LogP contribution is -2.32. The predicted octanol–water partition coefficient (Wildman–Crippen LogP) is 17.5. The van der Waals surface area contributed by atoms with Crippen molar-refractivity contribution in [1.82, 2.24) is 9.88 Å². The van der Waals surface area contributed by atoms with Crippen LogP contribution in [0.15, 0.2) is 254 Å². The van der Waals surface area contributed by atoms with Gasteiger partial charge in [-0.2, -0.15) is 0 Å². The molecule has 1 aliphatic carbocycles. The summed E-state index contributed by atoms with van der Waals surface area (Å²) in [7, 11) is 0. The summed E-state index contributed by atoms with van der Waals surface area (Å²) in [5.41, 5.74) is 22.8. The van der Waals surface area contributed by atoms with E-state index in [1.54, 1.807) is 0 Å². The van der Waals surface area contributed by atoms with Crippen LogP contribution in [0.25, 0.3) is 77.3 Å². The van der Waals surface area contributed by atoms with E-state index in [4.69, 9.17) is 9.73 Å². The van der Waals surface area contributed by atoms with Crippen molar-refractivity contribution >= 4 is 44.0 Å². The van der Waals surface area contributed by atoms with E-state index < -0.39 is 5.41 Å². The Morgan fingerprint density at radius 2 is 1.03 bits per heavy atom. The molecule has 0 fully saturated rings. The molecule has 12 aromatic rings. The molecule has 0 saturated heterocycles. The monoisotopic (exact) mass is 959 g/mol. The molecule has 354 valence electrons. The minimum atomic E-state index is -0.565. The Kier molecular flexibility index (Phi) is 9.64. The average molecular weight is 960 g/mol. The topological polar surface area (TPSA) is 38.5 Å². The summed E-state index contributed by atoms with van der Waals surface area (Å²) < 4.78 is 9.19. The van der Waals surface area contributed by atoms with Gasteiger partial charge in [-0.1, -0.05) is 205 Å². The first-order valence-electron chi connectivity index (χ1n) is 26.0. The first-order valence-corrected chi connectivity index (χ1v) is 26.0. The number of hydrogen-bond donors (Lipinski definition) is 1. The van der Waals surface area contributed by atoms with Crippen molar-refractivity contribution in [3.05, 3.63) is 299 Å². The summed E-state index contributed by atoms with van der Waals surface area (Å²) in [5.74, 6) is 1.78. The zero-order chi connectivity index (χ0) is 49.8. The van der Waals surface area contributed by atoms with Crippen LogP contribution >= 0.6 is 0 Å². The van der Waals surface area contributed by atoms with Crippen molar-refractivity contribution in [2.24, 2.45) is 4.99 Å². The lowest BCUT2D eigenvalue weighted by Gasteiger charge is -2.39. The number of nitrogens with zero attached hydrogens (tertiary/aromatic N) is 2. The van der Waals surface area contributed by atoms with Crippen molar-refractivity contribution < 1.29 is 4.74 Å². The third-order valence-electron chi connectivity index (χ3n) is 15.9. The number of aromatic nitrogens is 1. The van der Waals surface area contributed by atoms with E-state index in [2.05, 4.69) is 272 Å². The molecule has 1 spiro atoms. The van der Waals surface area contributed by atoms with Gasteiger partial charge < -0.3 is 14.6 Å². The Hall–Kier alpha value is -9.51. The van der Waals surface area contributed by atoms with E-state index in [-0.39, 0.29) is 6.17 Å². The van der Waals surface area contributed by atoms with Gasteiger partial charge in [-0.05, 0) is 129 Å². The molecule has 3 heterocycles. The molecule has 1 N–H and O–H groups in total. The Morgan fingerprint density at radius 3 is 1.77 bits per heavy atom. The first-order chi connectivity index (χ1) is 37.0. The second-order valence-corrected chi connectivity index (χ2v) is 20.4. The Balaban J connectivity index is 0.971. The zero-order valence-corrected chi connectivity index (χ0v) is 41.6. The maximum atomic E-state index is 6.70. The first kappa shape index (κ1) is 43.1. The Morgan fingerprint density at radius 1 is 0.427 bits per heavy atom. The van der Waals surface area contributed by atoms with E-state index in [1.165, 1.54) is 71.6 Å². The van der Waals surface area contributed by atoms with Gasteiger partial charge in [0, 0.05) is 44.2 Å². The highest BCUT2D eigenvalue weighted by Crippen LogP contribution is 2.62. The number of allylic oxidation sites excluding steroid dienone is 1. The number of benzene rings is 11. The van der Waals surface area contributed by atoms with Crippen LogP contribution in [0.5, 0.6) is 11.5 Å². The molecule has 4 heteroatoms. The fourth-order valence-corrected chi connectivity index (χ4v) is 12.8. The van der Waals surface area contributed by atoms with Crippen molar-refractivity contribution in [3.63, 3.8) is 0 Å². The summed E-state index contributed by atoms with van der Waals surface area (Å²) in [5, 5.41) is 8.64. The van der Waals surface area contributed by atoms with Gasteiger partial charge >= 0.3 is 0 Å². The van der Waals surface area contributed by atoms with Crippen molar-refractivity contribution in [2.75, 3.05) is 0 Å². The molecule has 3 aliphatic rings. The van der Waals surface area contributed by atoms with Gasteiger partial charge in [0.05, 0.1) is 22.2 Å². The van der Waals surface area contributed by atoms with Crippen molar-refractivity contribution in [3.8, 4) is 50.6 Å². The summed E-state index contributed by atoms with van der Waals surface area (Å²) in [6, 6.07) is 88.8. The number of rotatable bonds is 6. The molecule has 1 atom stereocenters. The number of para-hydroxylation sites is 2. The van der Waals surface area contributed by atoms with E-state index in [0.29, 0.717) is 0 Å². The standard InChI is InChI=1S/C71H49N3O/c1-44-37-45(2)39-51(38-44)46-29-33-52(34-30-46)74-66-36-32-49(50-31-35-55-54-22-11-12-24-60(54)71(63(55)41-50)61-25-13-15-27-67(61)75-68-28-16-14-26-62(68)71)40-58(66)59-42-57(53-21-9-10-23-56(53)69(59)74)65-43-64(47-17-5-3-6-18-47)72-70(73-65)48-19-7-4-8-20-48/h3-43,70,73H,1-2H3. The van der Waals surface area contributed by atoms with Crippen LogP contribution in [-0.2, 0) is 5.41 Å². The van der Waals surface area contributed by atoms with Crippen molar-refractivity contribution in [1.29, 1.82) is 0 Å². The molecule has 0 amide bonds. The second kappa shape index (κ2) is 16.8. The molecule has 2 aliphatic heterocycles. The van der Waals surface area contributed by atoms with E-state index in [9.17, 15) is 0 Å². The smallest absolute Gasteiger partial charge is 0.145 e. The maximum Gasteiger partial charge on any atom is 0.145 e. The molecule has 1 aromatic heterocycles. The van der Waals surface area contributed by atoms with Crippen LogP contribution in [0.2, 0.25) is 0 Å². The lowest BCUT2D eigenvalue weighted by atomic mass is 9.66. The number of aliphatic imine (C=N–C) groups is 1. The minimum Gasteiger partial charge on any atom is -0.457 e. The Labute approximate surface area is 436 Å². The minimum absolute atomic E-state index is 0.275. The largest absolute Gasteiger partial charge is 0.457 e. The molecule has 0 saturated carbocycles. The van der Waals surface area contributed by atoms with Gasteiger partial charge in [0.25, 0.3) is 0 Å². The molecule has 0 radical (unpaired) electrons. The maximum absolute atomic E-state index is 6.70. The number of aryl methyl sites for hydroxylation is 2. The highest BCUT2D eigenvalue weighted by molar-refractivity contribution is 6.22. The van der Waals surface area contributed by atoms with E-state index >= 15 is 0 Å². The fourth-order valence-electron chi connectivity index (χ4n) is 12.8. The number of ether oxygens (including phenoxy) is 1. The highest BCUT2D eigenvalue weighted by Gasteiger charge is 2.51. The van der Waals surface area contributed by atoms with Crippen LogP contribution in [0.4, 0.5) is 0 Å². The third kappa shape index (κ3) is 6.66. The molecule has 11 aromatic carbocycles. The van der Waals surface area contributed by atoms with Gasteiger partial charge in [0.2, 0.25) is 0 Å². The quantitative estimate of drug-likeness (QED) is 0.180. The number of fused-ring (bicyclic) bond motifs is 14. The molecule has 0 bridgehead atoms. The summed E-state index contributed by atoms with van der Waals surface area (Å²) in [4.78, 5) is 5.33. The zero-order valence-electron chi connectivity index (χ0n) is 41.6. The van der Waals surface area contributed by atoms with Gasteiger partial charge in [0.15, 0.2) is 0 Å². The summed E-state index contributed by atoms with van der Waals surface area (Å²) in [6.07, 6.45) is 1.97. The van der Waals surface area contributed by atoms with Gasteiger partial charge in [0.1, 0.15) is 17.7 Å². The average Bonchev–Trinajstić information content (AvgIpc) is 4.09. The SMILES string of the molecule is Cc1cc(C)cc(-c2ccc(-n3c4ccc(-c5ccc6c(c5)C5(c7ccccc7Oc7ccccc75)c5ccccc5-6)cc4c4cc(C5=CC(c6ccccc6)=NC(c6ccccc6)N5)c5ccccc5c43)cc2)c1. The number of hydrogen-bond acceptors (Lipinski definition) is 3. The molecule has 1 unspecified atom stereocenters. The second-order valence-electron chi connectivity index (χ2n) is 20.4.